The minimum Gasteiger partial charge on any atom is -0.473 e. The zero-order valence-corrected chi connectivity index (χ0v) is 20.1. The average Bonchev–Trinajstić information content (AvgIpc) is 2.89. The molecule has 2 aromatic carbocycles. The van der Waals surface area contributed by atoms with Crippen LogP contribution < -0.4 is 10.1 Å². The van der Waals surface area contributed by atoms with Crippen LogP contribution in [0.15, 0.2) is 77.8 Å². The van der Waals surface area contributed by atoms with E-state index < -0.39 is 10.0 Å². The lowest BCUT2D eigenvalue weighted by Crippen LogP contribution is -2.49. The Kier molecular flexibility index (Phi) is 7.42. The van der Waals surface area contributed by atoms with Gasteiger partial charge in [-0.15, -0.1) is 0 Å². The lowest BCUT2D eigenvalue weighted by molar-refractivity contribution is -0.129. The highest BCUT2D eigenvalue weighted by atomic mass is 32.2. The first-order chi connectivity index (χ1) is 16.8. The Morgan fingerprint density at radius 2 is 1.63 bits per heavy atom. The van der Waals surface area contributed by atoms with Gasteiger partial charge in [0.2, 0.25) is 21.8 Å². The number of nitrogens with one attached hydrogen (secondary N) is 1. The van der Waals surface area contributed by atoms with Crippen LogP contribution in [0.3, 0.4) is 0 Å². The molecule has 0 aliphatic carbocycles. The van der Waals surface area contributed by atoms with Crippen LogP contribution in [-0.2, 0) is 21.4 Å². The summed E-state index contributed by atoms with van der Waals surface area (Å²) in [6.07, 6.45) is 1.50. The third-order valence-electron chi connectivity index (χ3n) is 5.66. The number of pyridine rings is 1. The summed E-state index contributed by atoms with van der Waals surface area (Å²) in [5, 5.41) is 2.74. The van der Waals surface area contributed by atoms with Gasteiger partial charge in [0.1, 0.15) is 6.61 Å². The van der Waals surface area contributed by atoms with E-state index in [9.17, 15) is 18.0 Å². The second-order valence-electron chi connectivity index (χ2n) is 8.05. The first-order valence-corrected chi connectivity index (χ1v) is 12.6. The fraction of sp³-hybridized carbons (Fsp3) is 0.240. The second-order valence-corrected chi connectivity index (χ2v) is 9.99. The SMILES string of the molecule is CC(=O)N1CCN(S(=O)(=O)c2ccc(C(=O)Nc3ccc(OCc4ccccc4)nc3)cc2)CC1. The molecule has 1 aromatic heterocycles. The van der Waals surface area contributed by atoms with Crippen molar-refractivity contribution < 1.29 is 22.7 Å². The summed E-state index contributed by atoms with van der Waals surface area (Å²) in [4.78, 5) is 30.0. The van der Waals surface area contributed by atoms with Crippen molar-refractivity contribution in [3.63, 3.8) is 0 Å². The fourth-order valence-electron chi connectivity index (χ4n) is 3.65. The van der Waals surface area contributed by atoms with E-state index in [0.717, 1.165) is 5.56 Å². The van der Waals surface area contributed by atoms with Gasteiger partial charge in [0.25, 0.3) is 5.91 Å². The molecule has 0 saturated carbocycles. The van der Waals surface area contributed by atoms with Crippen molar-refractivity contribution in [2.75, 3.05) is 31.5 Å². The Morgan fingerprint density at radius 3 is 2.23 bits per heavy atom. The highest BCUT2D eigenvalue weighted by Gasteiger charge is 2.29. The monoisotopic (exact) mass is 494 g/mol. The van der Waals surface area contributed by atoms with Gasteiger partial charge in [0, 0.05) is 44.7 Å². The third-order valence-corrected chi connectivity index (χ3v) is 7.57. The van der Waals surface area contributed by atoms with E-state index >= 15 is 0 Å². The van der Waals surface area contributed by atoms with Crippen LogP contribution in [0.25, 0.3) is 0 Å². The van der Waals surface area contributed by atoms with Crippen molar-refractivity contribution in [3.8, 4) is 5.88 Å². The number of hydrogen-bond donors (Lipinski definition) is 1. The number of amides is 2. The Balaban J connectivity index is 1.33. The predicted octanol–water partition coefficient (Wildman–Crippen LogP) is 2.77. The van der Waals surface area contributed by atoms with Crippen LogP contribution in [0.5, 0.6) is 5.88 Å². The van der Waals surface area contributed by atoms with Crippen molar-refractivity contribution in [1.29, 1.82) is 0 Å². The number of anilines is 1. The van der Waals surface area contributed by atoms with E-state index in [1.165, 1.54) is 41.7 Å². The maximum atomic E-state index is 12.9. The van der Waals surface area contributed by atoms with Crippen molar-refractivity contribution in [1.82, 2.24) is 14.2 Å². The van der Waals surface area contributed by atoms with Gasteiger partial charge in [0.15, 0.2) is 0 Å². The van der Waals surface area contributed by atoms with Gasteiger partial charge in [-0.1, -0.05) is 30.3 Å². The van der Waals surface area contributed by atoms with Crippen molar-refractivity contribution in [2.45, 2.75) is 18.4 Å². The van der Waals surface area contributed by atoms with E-state index in [1.807, 2.05) is 30.3 Å². The van der Waals surface area contributed by atoms with Crippen LogP contribution in [0.4, 0.5) is 5.69 Å². The minimum atomic E-state index is -3.70. The first-order valence-electron chi connectivity index (χ1n) is 11.1. The Labute approximate surface area is 204 Å². The molecule has 0 unspecified atom stereocenters. The smallest absolute Gasteiger partial charge is 0.255 e. The van der Waals surface area contributed by atoms with Crippen LogP contribution in [0, 0.1) is 0 Å². The zero-order chi connectivity index (χ0) is 24.8. The van der Waals surface area contributed by atoms with Gasteiger partial charge >= 0.3 is 0 Å². The predicted molar refractivity (Wildman–Crippen MR) is 130 cm³/mol. The van der Waals surface area contributed by atoms with Gasteiger partial charge < -0.3 is 15.0 Å². The summed E-state index contributed by atoms with van der Waals surface area (Å²) >= 11 is 0. The summed E-state index contributed by atoms with van der Waals surface area (Å²) in [6, 6.07) is 18.8. The van der Waals surface area contributed by atoms with Gasteiger partial charge in [-0.3, -0.25) is 9.59 Å². The molecule has 9 nitrogen and oxygen atoms in total. The zero-order valence-electron chi connectivity index (χ0n) is 19.3. The molecule has 182 valence electrons. The highest BCUT2D eigenvalue weighted by molar-refractivity contribution is 7.89. The Morgan fingerprint density at radius 1 is 0.943 bits per heavy atom. The quantitative estimate of drug-likeness (QED) is 0.541. The van der Waals surface area contributed by atoms with Gasteiger partial charge in [-0.05, 0) is 35.9 Å². The summed E-state index contributed by atoms with van der Waals surface area (Å²) in [5.41, 5.74) is 1.83. The summed E-state index contributed by atoms with van der Waals surface area (Å²) in [6.45, 7) is 3.06. The number of aromatic nitrogens is 1. The maximum Gasteiger partial charge on any atom is 0.255 e. The maximum absolute atomic E-state index is 12.9. The van der Waals surface area contributed by atoms with E-state index in [-0.39, 0.29) is 29.8 Å². The number of benzene rings is 2. The summed E-state index contributed by atoms with van der Waals surface area (Å²) < 4.78 is 32.8. The van der Waals surface area contributed by atoms with Crippen LogP contribution in [-0.4, -0.2) is 60.6 Å². The number of carbonyl (C=O) groups is 2. The number of sulfonamides is 1. The molecular weight excluding hydrogens is 468 g/mol. The highest BCUT2D eigenvalue weighted by Crippen LogP contribution is 2.20. The van der Waals surface area contributed by atoms with Crippen LogP contribution in [0.1, 0.15) is 22.8 Å². The number of piperazine rings is 1. The van der Waals surface area contributed by atoms with E-state index in [2.05, 4.69) is 10.3 Å². The molecule has 0 spiro atoms. The largest absolute Gasteiger partial charge is 0.473 e. The standard InChI is InChI=1S/C25H26N4O5S/c1-19(30)28-13-15-29(16-14-28)35(32,33)23-10-7-21(8-11-23)25(31)27-22-9-12-24(26-17-22)34-18-20-5-3-2-4-6-20/h2-12,17H,13-16,18H2,1H3,(H,27,31). The fourth-order valence-corrected chi connectivity index (χ4v) is 5.07. The average molecular weight is 495 g/mol. The molecule has 2 heterocycles. The molecule has 1 aliphatic rings. The number of hydrogen-bond acceptors (Lipinski definition) is 6. The first kappa shape index (κ1) is 24.4. The van der Waals surface area contributed by atoms with Crippen molar-refractivity contribution in [2.24, 2.45) is 0 Å². The van der Waals surface area contributed by atoms with E-state index in [4.69, 9.17) is 4.74 Å². The topological polar surface area (TPSA) is 109 Å². The van der Waals surface area contributed by atoms with E-state index in [1.54, 1.807) is 17.0 Å². The minimum absolute atomic E-state index is 0.0676. The molecule has 35 heavy (non-hydrogen) atoms. The second kappa shape index (κ2) is 10.7. The molecule has 1 N–H and O–H groups in total. The van der Waals surface area contributed by atoms with Crippen molar-refractivity contribution >= 4 is 27.5 Å². The van der Waals surface area contributed by atoms with Crippen molar-refractivity contribution in [3.05, 3.63) is 84.1 Å². The molecule has 2 amide bonds. The molecule has 1 saturated heterocycles. The van der Waals surface area contributed by atoms with E-state index in [0.29, 0.717) is 36.8 Å². The van der Waals surface area contributed by atoms with Crippen LogP contribution >= 0.6 is 0 Å². The van der Waals surface area contributed by atoms with Gasteiger partial charge in [-0.2, -0.15) is 4.31 Å². The Bertz CT molecular complexity index is 1270. The normalized spacial score (nSPS) is 14.4. The van der Waals surface area contributed by atoms with Crippen LogP contribution in [0.2, 0.25) is 0 Å². The molecular formula is C25H26N4O5S. The molecule has 4 rings (SSSR count). The number of nitrogens with zero attached hydrogens (tertiary/aromatic N) is 3. The number of carbonyl (C=O) groups excluding carboxylic acids is 2. The lowest BCUT2D eigenvalue weighted by Gasteiger charge is -2.33. The Hall–Kier alpha value is -3.76. The summed E-state index contributed by atoms with van der Waals surface area (Å²) in [5.74, 6) is -0.0173. The number of ether oxygens (including phenoxy) is 1. The van der Waals surface area contributed by atoms with Gasteiger partial charge in [0.05, 0.1) is 16.8 Å². The lowest BCUT2D eigenvalue weighted by atomic mass is 10.2. The van der Waals surface area contributed by atoms with Gasteiger partial charge in [-0.25, -0.2) is 13.4 Å². The molecule has 3 aromatic rings. The number of rotatable bonds is 7. The third kappa shape index (κ3) is 6.03. The molecule has 1 aliphatic heterocycles. The molecule has 0 radical (unpaired) electrons. The summed E-state index contributed by atoms with van der Waals surface area (Å²) in [7, 11) is -3.70. The molecule has 0 bridgehead atoms. The molecule has 10 heteroatoms. The molecule has 1 fully saturated rings. The molecule has 0 atom stereocenters.